The van der Waals surface area contributed by atoms with Crippen molar-refractivity contribution in [1.82, 2.24) is 0 Å². The largest absolute Gasteiger partial charge is 0.489 e. The number of benzene rings is 2. The molecular formula is C19H19ClO4. The van der Waals surface area contributed by atoms with E-state index in [4.69, 9.17) is 26.2 Å². The van der Waals surface area contributed by atoms with Gasteiger partial charge in [-0.2, -0.15) is 0 Å². The maximum Gasteiger partial charge on any atom is 0.307 e. The predicted molar refractivity (Wildman–Crippen MR) is 94.0 cm³/mol. The normalized spacial score (nSPS) is 10.2. The van der Waals surface area contributed by atoms with E-state index in [9.17, 15) is 4.79 Å². The molecule has 2 rings (SSSR count). The fourth-order valence-corrected chi connectivity index (χ4v) is 2.48. The molecular weight excluding hydrogens is 328 g/mol. The summed E-state index contributed by atoms with van der Waals surface area (Å²) >= 11 is 6.15. The van der Waals surface area contributed by atoms with E-state index in [1.165, 1.54) is 0 Å². The van der Waals surface area contributed by atoms with Crippen LogP contribution < -0.4 is 9.47 Å². The van der Waals surface area contributed by atoms with Crippen molar-refractivity contribution in [1.29, 1.82) is 0 Å². The lowest BCUT2D eigenvalue weighted by atomic mass is 10.1. The van der Waals surface area contributed by atoms with Gasteiger partial charge < -0.3 is 14.6 Å². The third-order valence-electron chi connectivity index (χ3n) is 3.34. The highest BCUT2D eigenvalue weighted by Crippen LogP contribution is 2.27. The SMILES string of the molecule is C=CCOc1ccc(COc2ccc(CC(=O)O)cc2Cl)cc1C. The monoisotopic (exact) mass is 346 g/mol. The van der Waals surface area contributed by atoms with Crippen LogP contribution in [0.1, 0.15) is 16.7 Å². The molecule has 5 heteroatoms. The Bertz CT molecular complexity index is 740. The zero-order valence-electron chi connectivity index (χ0n) is 13.4. The van der Waals surface area contributed by atoms with E-state index in [-0.39, 0.29) is 6.42 Å². The molecule has 0 atom stereocenters. The number of carbonyl (C=O) groups is 1. The number of hydrogen-bond donors (Lipinski definition) is 1. The van der Waals surface area contributed by atoms with Gasteiger partial charge in [0.15, 0.2) is 0 Å². The fraction of sp³-hybridized carbons (Fsp3) is 0.211. The van der Waals surface area contributed by atoms with Crippen molar-refractivity contribution >= 4 is 17.6 Å². The van der Waals surface area contributed by atoms with Gasteiger partial charge in [-0.1, -0.05) is 36.4 Å². The van der Waals surface area contributed by atoms with E-state index in [2.05, 4.69) is 6.58 Å². The first kappa shape index (κ1) is 17.9. The van der Waals surface area contributed by atoms with Crippen LogP contribution in [-0.2, 0) is 17.8 Å². The minimum atomic E-state index is -0.894. The smallest absolute Gasteiger partial charge is 0.307 e. The van der Waals surface area contributed by atoms with Crippen LogP contribution in [-0.4, -0.2) is 17.7 Å². The van der Waals surface area contributed by atoms with Crippen molar-refractivity contribution in [2.45, 2.75) is 20.0 Å². The second kappa shape index (κ2) is 8.41. The zero-order chi connectivity index (χ0) is 17.5. The summed E-state index contributed by atoms with van der Waals surface area (Å²) in [6.45, 7) is 6.42. The zero-order valence-corrected chi connectivity index (χ0v) is 14.2. The Morgan fingerprint density at radius 2 is 1.88 bits per heavy atom. The van der Waals surface area contributed by atoms with Crippen molar-refractivity contribution in [2.24, 2.45) is 0 Å². The van der Waals surface area contributed by atoms with Gasteiger partial charge in [0.25, 0.3) is 0 Å². The molecule has 0 spiro atoms. The summed E-state index contributed by atoms with van der Waals surface area (Å²) in [6, 6.07) is 10.8. The molecule has 2 aromatic carbocycles. The Balaban J connectivity index is 2.01. The first-order valence-corrected chi connectivity index (χ1v) is 7.83. The second-order valence-electron chi connectivity index (χ2n) is 5.32. The summed E-state index contributed by atoms with van der Waals surface area (Å²) in [5.41, 5.74) is 2.64. The standard InChI is InChI=1S/C19H19ClO4/c1-3-8-23-17-6-5-15(9-13(17)2)12-24-18-7-4-14(10-16(18)20)11-19(21)22/h3-7,9-10H,1,8,11-12H2,2H3,(H,21,22). The van der Waals surface area contributed by atoms with Crippen LogP contribution in [0.3, 0.4) is 0 Å². The van der Waals surface area contributed by atoms with Crippen molar-refractivity contribution < 1.29 is 19.4 Å². The number of carboxylic acid groups (broad SMARTS) is 1. The van der Waals surface area contributed by atoms with Gasteiger partial charge in [-0.3, -0.25) is 4.79 Å². The Kier molecular flexibility index (Phi) is 6.27. The fourth-order valence-electron chi connectivity index (χ4n) is 2.22. The molecule has 0 aliphatic carbocycles. The molecule has 0 unspecified atom stereocenters. The summed E-state index contributed by atoms with van der Waals surface area (Å²) in [6.07, 6.45) is 1.64. The van der Waals surface area contributed by atoms with Crippen LogP contribution in [0.15, 0.2) is 49.1 Å². The predicted octanol–water partition coefficient (Wildman–Crippen LogP) is 4.42. The molecule has 0 saturated carbocycles. The molecule has 0 heterocycles. The van der Waals surface area contributed by atoms with Crippen molar-refractivity contribution in [3.63, 3.8) is 0 Å². The molecule has 0 radical (unpaired) electrons. The van der Waals surface area contributed by atoms with Gasteiger partial charge in [0.05, 0.1) is 11.4 Å². The first-order chi connectivity index (χ1) is 11.5. The van der Waals surface area contributed by atoms with E-state index in [1.807, 2.05) is 25.1 Å². The molecule has 0 bridgehead atoms. The van der Waals surface area contributed by atoms with Crippen LogP contribution in [0.2, 0.25) is 5.02 Å². The van der Waals surface area contributed by atoms with E-state index < -0.39 is 5.97 Å². The molecule has 24 heavy (non-hydrogen) atoms. The van der Waals surface area contributed by atoms with Gasteiger partial charge >= 0.3 is 5.97 Å². The topological polar surface area (TPSA) is 55.8 Å². The number of aliphatic carboxylic acids is 1. The third kappa shape index (κ3) is 5.03. The molecule has 0 amide bonds. The minimum Gasteiger partial charge on any atom is -0.489 e. The maximum absolute atomic E-state index is 10.7. The molecule has 126 valence electrons. The van der Waals surface area contributed by atoms with E-state index in [0.29, 0.717) is 29.5 Å². The van der Waals surface area contributed by atoms with Gasteiger partial charge in [0, 0.05) is 0 Å². The average Bonchev–Trinajstić information content (AvgIpc) is 2.52. The molecule has 0 aromatic heterocycles. The van der Waals surface area contributed by atoms with Crippen molar-refractivity contribution in [3.8, 4) is 11.5 Å². The van der Waals surface area contributed by atoms with E-state index >= 15 is 0 Å². The number of carboxylic acids is 1. The first-order valence-electron chi connectivity index (χ1n) is 7.46. The van der Waals surface area contributed by atoms with Crippen LogP contribution >= 0.6 is 11.6 Å². The van der Waals surface area contributed by atoms with E-state index in [0.717, 1.165) is 16.9 Å². The van der Waals surface area contributed by atoms with Crippen LogP contribution in [0.5, 0.6) is 11.5 Å². The van der Waals surface area contributed by atoms with Crippen LogP contribution in [0.25, 0.3) is 0 Å². The van der Waals surface area contributed by atoms with Gasteiger partial charge in [-0.25, -0.2) is 0 Å². The molecule has 4 nitrogen and oxygen atoms in total. The highest BCUT2D eigenvalue weighted by atomic mass is 35.5. The Hall–Kier alpha value is -2.46. The molecule has 0 saturated heterocycles. The van der Waals surface area contributed by atoms with Gasteiger partial charge in [0.2, 0.25) is 0 Å². The molecule has 1 N–H and O–H groups in total. The molecule has 0 aliphatic heterocycles. The molecule has 2 aromatic rings. The lowest BCUT2D eigenvalue weighted by Crippen LogP contribution is -2.01. The average molecular weight is 347 g/mol. The molecule has 0 aliphatic rings. The quantitative estimate of drug-likeness (QED) is 0.719. The number of rotatable bonds is 8. The summed E-state index contributed by atoms with van der Waals surface area (Å²) in [4.78, 5) is 10.7. The minimum absolute atomic E-state index is 0.0641. The third-order valence-corrected chi connectivity index (χ3v) is 3.64. The van der Waals surface area contributed by atoms with Gasteiger partial charge in [-0.15, -0.1) is 0 Å². The van der Waals surface area contributed by atoms with E-state index in [1.54, 1.807) is 24.3 Å². The lowest BCUT2D eigenvalue weighted by Gasteiger charge is -2.12. The summed E-state index contributed by atoms with van der Waals surface area (Å²) < 4.78 is 11.3. The lowest BCUT2D eigenvalue weighted by molar-refractivity contribution is -0.136. The number of hydrogen-bond acceptors (Lipinski definition) is 3. The Labute approximate surface area is 146 Å². The van der Waals surface area contributed by atoms with Gasteiger partial charge in [-0.05, 0) is 47.9 Å². The number of halogens is 1. The van der Waals surface area contributed by atoms with Crippen LogP contribution in [0, 0.1) is 6.92 Å². The summed E-state index contributed by atoms with van der Waals surface area (Å²) in [5.74, 6) is 0.444. The number of aryl methyl sites for hydroxylation is 1. The van der Waals surface area contributed by atoms with Crippen LogP contribution in [0.4, 0.5) is 0 Å². The Morgan fingerprint density at radius 3 is 2.50 bits per heavy atom. The van der Waals surface area contributed by atoms with Gasteiger partial charge in [0.1, 0.15) is 24.7 Å². The maximum atomic E-state index is 10.7. The van der Waals surface area contributed by atoms with Crippen molar-refractivity contribution in [3.05, 3.63) is 70.8 Å². The summed E-state index contributed by atoms with van der Waals surface area (Å²) in [5, 5.41) is 9.19. The highest BCUT2D eigenvalue weighted by Gasteiger charge is 2.07. The van der Waals surface area contributed by atoms with Crippen molar-refractivity contribution in [2.75, 3.05) is 6.61 Å². The second-order valence-corrected chi connectivity index (χ2v) is 5.73. The summed E-state index contributed by atoms with van der Waals surface area (Å²) in [7, 11) is 0. The number of ether oxygens (including phenoxy) is 2. The Morgan fingerprint density at radius 1 is 1.17 bits per heavy atom. The molecule has 0 fully saturated rings. The highest BCUT2D eigenvalue weighted by molar-refractivity contribution is 6.32.